The van der Waals surface area contributed by atoms with Crippen LogP contribution in [-0.2, 0) is 57.5 Å². The zero-order valence-corrected chi connectivity index (χ0v) is 44.0. The minimum Gasteiger partial charge on any atom is -0.379 e. The maximum absolute atomic E-state index is 14.6. The second kappa shape index (κ2) is 25.7. The number of rotatable bonds is 25. The van der Waals surface area contributed by atoms with Gasteiger partial charge in [-0.1, -0.05) is 85.2 Å². The molecule has 1 saturated carbocycles. The Morgan fingerprint density at radius 2 is 1.49 bits per heavy atom. The van der Waals surface area contributed by atoms with Crippen molar-refractivity contribution in [3.63, 3.8) is 0 Å². The number of likely N-dealkylation sites (tertiary alicyclic amines) is 1. The molecule has 0 spiro atoms. The fourth-order valence-electron chi connectivity index (χ4n) is 11.1. The lowest BCUT2D eigenvalue weighted by atomic mass is 9.87. The Kier molecular flexibility index (Phi) is 20.7. The van der Waals surface area contributed by atoms with Crippen LogP contribution in [0.5, 0.6) is 0 Å². The Labute approximate surface area is 420 Å². The maximum Gasteiger partial charge on any atom is 0.333 e. The highest BCUT2D eigenvalue weighted by atomic mass is 16.7. The summed E-state index contributed by atoms with van der Waals surface area (Å²) >= 11 is 0. The first-order valence-electron chi connectivity index (χ1n) is 25.7. The Bertz CT molecular complexity index is 2020. The summed E-state index contributed by atoms with van der Waals surface area (Å²) < 4.78 is 12.2. The summed E-state index contributed by atoms with van der Waals surface area (Å²) in [6.45, 7) is 15.0. The minimum absolute atomic E-state index is 0.00418. The van der Waals surface area contributed by atoms with Crippen molar-refractivity contribution < 1.29 is 57.5 Å². The van der Waals surface area contributed by atoms with Crippen molar-refractivity contribution in [2.45, 2.75) is 167 Å². The van der Waals surface area contributed by atoms with Crippen molar-refractivity contribution in [3.05, 3.63) is 35.9 Å². The third-order valence-electron chi connectivity index (χ3n) is 15.1. The summed E-state index contributed by atoms with van der Waals surface area (Å²) in [6, 6.07) is 7.29. The SMILES string of the molecule is CC[C@H](C)[C@@H]([C@@H](CC(=O)N1CCC[C@H]1[C@H](OC)[C@@H](C)C(=O)N[C@@]1(C(=O)N2CCCCO2)C[C@@H]1c1ccccc1)OC)N(C)[C@H](C(=O)NC(=O)[C@H](C(C)C)N(C)CCCC(=O)ON1C(=O)CCC1=O)C(C)C. The predicted molar refractivity (Wildman–Crippen MR) is 262 cm³/mol. The van der Waals surface area contributed by atoms with E-state index in [0.29, 0.717) is 50.4 Å². The lowest BCUT2D eigenvalue weighted by Crippen LogP contribution is -2.60. The Balaban J connectivity index is 1.25. The fourth-order valence-corrected chi connectivity index (χ4v) is 11.1. The fraction of sp³-hybridized carbons (Fsp3) is 0.731. The monoisotopic (exact) mass is 996 g/mol. The van der Waals surface area contributed by atoms with Gasteiger partial charge in [-0.3, -0.25) is 53.5 Å². The third kappa shape index (κ3) is 13.6. The van der Waals surface area contributed by atoms with Gasteiger partial charge in [0, 0.05) is 58.5 Å². The van der Waals surface area contributed by atoms with E-state index < -0.39 is 77.4 Å². The molecule has 4 aliphatic rings. The molecule has 2 N–H and O–H groups in total. The van der Waals surface area contributed by atoms with E-state index >= 15 is 0 Å². The molecule has 1 aromatic carbocycles. The molecule has 10 atom stereocenters. The number of nitrogens with one attached hydrogen (secondary N) is 2. The molecule has 4 fully saturated rings. The number of methoxy groups -OCH3 is 2. The number of hydroxylamine groups is 4. The molecule has 3 heterocycles. The number of carbonyl (C=O) groups excluding carboxylic acids is 8. The van der Waals surface area contributed by atoms with Crippen molar-refractivity contribution in [3.8, 4) is 0 Å². The Morgan fingerprint density at radius 3 is 2.07 bits per heavy atom. The van der Waals surface area contributed by atoms with Crippen LogP contribution in [0.1, 0.15) is 131 Å². The number of likely N-dealkylation sites (N-methyl/N-ethyl adjacent to an activating group) is 2. The van der Waals surface area contributed by atoms with E-state index in [0.717, 1.165) is 18.4 Å². The van der Waals surface area contributed by atoms with Crippen LogP contribution in [-0.4, -0.2) is 169 Å². The van der Waals surface area contributed by atoms with Crippen LogP contribution in [0.25, 0.3) is 0 Å². The van der Waals surface area contributed by atoms with Crippen molar-refractivity contribution >= 4 is 47.3 Å². The standard InChI is InChI=1S/C52H81N7O12/c1-12-34(6)46(56(9)45(33(4)5)50(66)53-49(65)44(32(2)3)55(8)26-19-23-43(63)71-59-40(60)24-25-41(59)61)39(68-10)30-42(62)57-27-18-22-38(57)47(69-11)35(7)48(64)54-52(51(67)58-28-16-17-29-70-58)31-37(52)36-20-14-13-15-21-36/h13-15,20-21,32-35,37-39,44-47H,12,16-19,22-31H2,1-11H3,(H,54,64)(H,53,65,66)/t34-,35+,37+,38-,39+,44-,45-,46-,47+,52-/m0/s1. The van der Waals surface area contributed by atoms with Crippen molar-refractivity contribution in [2.75, 3.05) is 54.6 Å². The molecular formula is C52H81N7O12. The largest absolute Gasteiger partial charge is 0.379 e. The average molecular weight is 996 g/mol. The lowest BCUT2D eigenvalue weighted by molar-refractivity contribution is -0.200. The highest BCUT2D eigenvalue weighted by Crippen LogP contribution is 2.53. The summed E-state index contributed by atoms with van der Waals surface area (Å²) in [4.78, 5) is 124. The van der Waals surface area contributed by atoms with Gasteiger partial charge in [0.15, 0.2) is 0 Å². The number of imide groups is 2. The van der Waals surface area contributed by atoms with Gasteiger partial charge < -0.3 is 24.5 Å². The van der Waals surface area contributed by atoms with Gasteiger partial charge in [0.25, 0.3) is 17.7 Å². The normalized spacial score (nSPS) is 23.4. The molecule has 71 heavy (non-hydrogen) atoms. The quantitative estimate of drug-likeness (QED) is 0.133. The van der Waals surface area contributed by atoms with Crippen molar-refractivity contribution in [1.29, 1.82) is 0 Å². The number of benzene rings is 1. The number of hydrogen-bond donors (Lipinski definition) is 2. The van der Waals surface area contributed by atoms with Gasteiger partial charge >= 0.3 is 5.97 Å². The van der Waals surface area contributed by atoms with Crippen molar-refractivity contribution in [1.82, 2.24) is 35.5 Å². The van der Waals surface area contributed by atoms with Gasteiger partial charge in [-0.15, -0.1) is 5.06 Å². The predicted octanol–water partition coefficient (Wildman–Crippen LogP) is 3.99. The van der Waals surface area contributed by atoms with E-state index in [1.54, 1.807) is 38.0 Å². The van der Waals surface area contributed by atoms with E-state index in [1.165, 1.54) is 5.06 Å². The molecule has 19 nitrogen and oxygen atoms in total. The zero-order chi connectivity index (χ0) is 52.3. The molecule has 0 bridgehead atoms. The molecule has 0 unspecified atom stereocenters. The molecule has 3 aliphatic heterocycles. The van der Waals surface area contributed by atoms with Gasteiger partial charge in [0.05, 0.1) is 49.3 Å². The highest BCUT2D eigenvalue weighted by molar-refractivity contribution is 6.02. The van der Waals surface area contributed by atoms with E-state index in [1.807, 2.05) is 76.9 Å². The Morgan fingerprint density at radius 1 is 0.845 bits per heavy atom. The summed E-state index contributed by atoms with van der Waals surface area (Å²) in [6.07, 6.45) is 2.93. The van der Waals surface area contributed by atoms with E-state index in [4.69, 9.17) is 19.1 Å². The van der Waals surface area contributed by atoms with Crippen LogP contribution in [0.2, 0.25) is 0 Å². The molecule has 19 heteroatoms. The molecule has 3 saturated heterocycles. The van der Waals surface area contributed by atoms with Gasteiger partial charge in [-0.25, -0.2) is 9.86 Å². The summed E-state index contributed by atoms with van der Waals surface area (Å²) in [5.74, 6) is -5.11. The molecule has 7 amide bonds. The molecule has 5 rings (SSSR count). The molecule has 1 aromatic rings. The zero-order valence-electron chi connectivity index (χ0n) is 44.0. The number of amides is 7. The molecular weight excluding hydrogens is 915 g/mol. The smallest absolute Gasteiger partial charge is 0.333 e. The van der Waals surface area contributed by atoms with E-state index in [2.05, 4.69) is 17.6 Å². The summed E-state index contributed by atoms with van der Waals surface area (Å²) in [7, 11) is 6.66. The molecule has 396 valence electrons. The third-order valence-corrected chi connectivity index (χ3v) is 15.1. The number of nitrogens with zero attached hydrogens (tertiary/aromatic N) is 5. The maximum atomic E-state index is 14.6. The molecule has 1 aliphatic carbocycles. The first-order valence-corrected chi connectivity index (χ1v) is 25.7. The van der Waals surface area contributed by atoms with Crippen LogP contribution >= 0.6 is 0 Å². The van der Waals surface area contributed by atoms with Gasteiger partial charge in [0.1, 0.15) is 5.54 Å². The highest BCUT2D eigenvalue weighted by Gasteiger charge is 2.64. The number of hydrogen-bond acceptors (Lipinski definition) is 14. The number of carbonyl (C=O) groups is 8. The van der Waals surface area contributed by atoms with Gasteiger partial charge in [-0.05, 0) is 82.5 Å². The second-order valence-corrected chi connectivity index (χ2v) is 20.7. The minimum atomic E-state index is -1.16. The van der Waals surface area contributed by atoms with Crippen LogP contribution in [0.4, 0.5) is 0 Å². The molecule has 0 radical (unpaired) electrons. The van der Waals surface area contributed by atoms with Crippen molar-refractivity contribution in [2.24, 2.45) is 23.7 Å². The first-order chi connectivity index (χ1) is 33.7. The van der Waals surface area contributed by atoms with E-state index in [-0.39, 0.29) is 80.0 Å². The summed E-state index contributed by atoms with van der Waals surface area (Å²) in [5, 5.41) is 7.76. The van der Waals surface area contributed by atoms with Crippen LogP contribution in [0.3, 0.4) is 0 Å². The van der Waals surface area contributed by atoms with Crippen LogP contribution in [0.15, 0.2) is 30.3 Å². The topological polar surface area (TPSA) is 214 Å². The summed E-state index contributed by atoms with van der Waals surface area (Å²) in [5.41, 5.74) is -0.208. The first kappa shape index (κ1) is 57.1. The van der Waals surface area contributed by atoms with Gasteiger partial charge in [-0.2, -0.15) is 0 Å². The van der Waals surface area contributed by atoms with Crippen LogP contribution < -0.4 is 10.6 Å². The van der Waals surface area contributed by atoms with Gasteiger partial charge in [0.2, 0.25) is 23.6 Å². The second-order valence-electron chi connectivity index (χ2n) is 20.7. The van der Waals surface area contributed by atoms with Crippen LogP contribution in [0, 0.1) is 23.7 Å². The molecule has 0 aromatic heterocycles. The number of ether oxygens (including phenoxy) is 2. The Hall–Kier alpha value is -4.82. The average Bonchev–Trinajstić information content (AvgIpc) is 3.69. The lowest BCUT2D eigenvalue weighted by Gasteiger charge is -2.43. The van der Waals surface area contributed by atoms with E-state index in [9.17, 15) is 38.4 Å².